The van der Waals surface area contributed by atoms with Crippen LogP contribution in [-0.4, -0.2) is 25.2 Å². The van der Waals surface area contributed by atoms with Crippen molar-refractivity contribution in [3.63, 3.8) is 0 Å². The zero-order valence-corrected chi connectivity index (χ0v) is 12.5. The zero-order chi connectivity index (χ0) is 15.4. The second-order valence-electron chi connectivity index (χ2n) is 5.38. The number of hydrogen-bond acceptors (Lipinski definition) is 4. The topological polar surface area (TPSA) is 43.4 Å². The Balaban J connectivity index is 1.91. The standard InChI is InChI=1S/C17H19FN2O2/c1-21-15-4-2-3-5-16(15)22-17(12-6-7-19-9-12)13-8-14(18)11-20-10-13/h2-5,8,10-12,17,19H,6-7,9H2,1H3/t12-,17+/m1/s1. The highest BCUT2D eigenvalue weighted by molar-refractivity contribution is 5.40. The van der Waals surface area contributed by atoms with Gasteiger partial charge in [0.05, 0.1) is 13.3 Å². The summed E-state index contributed by atoms with van der Waals surface area (Å²) in [5, 5.41) is 3.33. The van der Waals surface area contributed by atoms with Gasteiger partial charge in [0.1, 0.15) is 11.9 Å². The SMILES string of the molecule is COc1ccccc1O[C@H](c1cncc(F)c1)[C@@H]1CCNC1. The summed E-state index contributed by atoms with van der Waals surface area (Å²) in [5.41, 5.74) is 0.750. The molecule has 3 rings (SSSR count). The summed E-state index contributed by atoms with van der Waals surface area (Å²) in [7, 11) is 1.61. The van der Waals surface area contributed by atoms with Crippen LogP contribution < -0.4 is 14.8 Å². The average molecular weight is 302 g/mol. The number of hydrogen-bond donors (Lipinski definition) is 1. The molecule has 1 aromatic carbocycles. The number of ether oxygens (including phenoxy) is 2. The highest BCUT2D eigenvalue weighted by atomic mass is 19.1. The Morgan fingerprint density at radius 3 is 2.77 bits per heavy atom. The lowest BCUT2D eigenvalue weighted by Gasteiger charge is -2.25. The van der Waals surface area contributed by atoms with Crippen molar-refractivity contribution in [1.29, 1.82) is 0 Å². The quantitative estimate of drug-likeness (QED) is 0.922. The number of nitrogens with zero attached hydrogens (tertiary/aromatic N) is 1. The first-order valence-corrected chi connectivity index (χ1v) is 7.39. The number of nitrogens with one attached hydrogen (secondary N) is 1. The van der Waals surface area contributed by atoms with E-state index in [0.717, 1.165) is 25.1 Å². The molecule has 0 radical (unpaired) electrons. The Hall–Kier alpha value is -2.14. The lowest BCUT2D eigenvalue weighted by molar-refractivity contribution is 0.138. The van der Waals surface area contributed by atoms with Gasteiger partial charge < -0.3 is 14.8 Å². The number of methoxy groups -OCH3 is 1. The molecule has 1 aliphatic rings. The van der Waals surface area contributed by atoms with E-state index in [9.17, 15) is 4.39 Å². The molecular weight excluding hydrogens is 283 g/mol. The van der Waals surface area contributed by atoms with Crippen LogP contribution in [0.25, 0.3) is 0 Å². The lowest BCUT2D eigenvalue weighted by Crippen LogP contribution is -2.22. The molecule has 2 atom stereocenters. The van der Waals surface area contributed by atoms with E-state index < -0.39 is 0 Å². The van der Waals surface area contributed by atoms with E-state index in [4.69, 9.17) is 9.47 Å². The number of rotatable bonds is 5. The van der Waals surface area contributed by atoms with Gasteiger partial charge in [0.15, 0.2) is 11.5 Å². The Morgan fingerprint density at radius 2 is 2.09 bits per heavy atom. The molecule has 5 heteroatoms. The van der Waals surface area contributed by atoms with Crippen molar-refractivity contribution in [2.24, 2.45) is 5.92 Å². The van der Waals surface area contributed by atoms with E-state index in [2.05, 4.69) is 10.3 Å². The molecule has 1 aromatic heterocycles. The van der Waals surface area contributed by atoms with Crippen molar-refractivity contribution >= 4 is 0 Å². The van der Waals surface area contributed by atoms with Crippen LogP contribution in [0.2, 0.25) is 0 Å². The van der Waals surface area contributed by atoms with Crippen LogP contribution in [0, 0.1) is 11.7 Å². The molecule has 0 saturated carbocycles. The molecule has 116 valence electrons. The van der Waals surface area contributed by atoms with Crippen molar-refractivity contribution in [3.8, 4) is 11.5 Å². The fraction of sp³-hybridized carbons (Fsp3) is 0.353. The molecule has 1 fully saturated rings. The van der Waals surface area contributed by atoms with Crippen molar-refractivity contribution in [2.75, 3.05) is 20.2 Å². The highest BCUT2D eigenvalue weighted by Crippen LogP contribution is 2.36. The van der Waals surface area contributed by atoms with Crippen LogP contribution in [0.3, 0.4) is 0 Å². The molecule has 1 saturated heterocycles. The maximum atomic E-state index is 13.5. The molecule has 1 N–H and O–H groups in total. The second kappa shape index (κ2) is 6.75. The molecular formula is C17H19FN2O2. The molecule has 4 nitrogen and oxygen atoms in total. The molecule has 22 heavy (non-hydrogen) atoms. The molecule has 2 heterocycles. The summed E-state index contributed by atoms with van der Waals surface area (Å²) in [6.45, 7) is 1.79. The lowest BCUT2D eigenvalue weighted by atomic mass is 9.96. The normalized spacial score (nSPS) is 18.9. The number of para-hydroxylation sites is 2. The van der Waals surface area contributed by atoms with E-state index in [0.29, 0.717) is 11.5 Å². The zero-order valence-electron chi connectivity index (χ0n) is 12.5. The first-order valence-electron chi connectivity index (χ1n) is 7.39. The van der Waals surface area contributed by atoms with Crippen LogP contribution in [-0.2, 0) is 0 Å². The van der Waals surface area contributed by atoms with Crippen molar-refractivity contribution < 1.29 is 13.9 Å². The maximum absolute atomic E-state index is 13.5. The predicted molar refractivity (Wildman–Crippen MR) is 81.5 cm³/mol. The molecule has 2 aromatic rings. The van der Waals surface area contributed by atoms with E-state index >= 15 is 0 Å². The number of halogens is 1. The fourth-order valence-electron chi connectivity index (χ4n) is 2.81. The summed E-state index contributed by atoms with van der Waals surface area (Å²) in [6, 6.07) is 8.99. The van der Waals surface area contributed by atoms with Gasteiger partial charge >= 0.3 is 0 Å². The third-order valence-corrected chi connectivity index (χ3v) is 3.90. The van der Waals surface area contributed by atoms with Crippen molar-refractivity contribution in [3.05, 3.63) is 54.1 Å². The third kappa shape index (κ3) is 3.20. The largest absolute Gasteiger partial charge is 0.493 e. The number of benzene rings is 1. The third-order valence-electron chi connectivity index (χ3n) is 3.90. The fourth-order valence-corrected chi connectivity index (χ4v) is 2.81. The molecule has 0 amide bonds. The summed E-state index contributed by atoms with van der Waals surface area (Å²) in [5.74, 6) is 1.25. The smallest absolute Gasteiger partial charge is 0.162 e. The van der Waals surface area contributed by atoms with Gasteiger partial charge in [0, 0.05) is 24.2 Å². The second-order valence-corrected chi connectivity index (χ2v) is 5.38. The minimum atomic E-state index is -0.350. The predicted octanol–water partition coefficient (Wildman–Crippen LogP) is 2.96. The van der Waals surface area contributed by atoms with Gasteiger partial charge in [-0.2, -0.15) is 0 Å². The van der Waals surface area contributed by atoms with Crippen LogP contribution in [0.5, 0.6) is 11.5 Å². The van der Waals surface area contributed by atoms with Crippen LogP contribution in [0.4, 0.5) is 4.39 Å². The van der Waals surface area contributed by atoms with Crippen LogP contribution in [0.15, 0.2) is 42.7 Å². The van der Waals surface area contributed by atoms with Gasteiger partial charge in [-0.1, -0.05) is 12.1 Å². The minimum Gasteiger partial charge on any atom is -0.493 e. The first kappa shape index (κ1) is 14.8. The van der Waals surface area contributed by atoms with Gasteiger partial charge in [-0.25, -0.2) is 4.39 Å². The number of pyridine rings is 1. The van der Waals surface area contributed by atoms with Gasteiger partial charge in [-0.3, -0.25) is 4.98 Å². The highest BCUT2D eigenvalue weighted by Gasteiger charge is 2.29. The van der Waals surface area contributed by atoms with Gasteiger partial charge in [0.25, 0.3) is 0 Å². The van der Waals surface area contributed by atoms with Gasteiger partial charge in [-0.05, 0) is 31.2 Å². The summed E-state index contributed by atoms with van der Waals surface area (Å²) in [4.78, 5) is 3.95. The summed E-state index contributed by atoms with van der Waals surface area (Å²) >= 11 is 0. The van der Waals surface area contributed by atoms with E-state index in [1.54, 1.807) is 13.3 Å². The Kier molecular flexibility index (Phi) is 4.53. The average Bonchev–Trinajstić information content (AvgIpc) is 3.07. The molecule has 0 spiro atoms. The van der Waals surface area contributed by atoms with E-state index in [-0.39, 0.29) is 17.8 Å². The van der Waals surface area contributed by atoms with Crippen molar-refractivity contribution in [2.45, 2.75) is 12.5 Å². The van der Waals surface area contributed by atoms with Crippen LogP contribution in [0.1, 0.15) is 18.1 Å². The maximum Gasteiger partial charge on any atom is 0.162 e. The van der Waals surface area contributed by atoms with Gasteiger partial charge in [0.2, 0.25) is 0 Å². The Bertz CT molecular complexity index is 630. The molecule has 0 bridgehead atoms. The van der Waals surface area contributed by atoms with Crippen LogP contribution >= 0.6 is 0 Å². The number of aromatic nitrogens is 1. The van der Waals surface area contributed by atoms with E-state index in [1.807, 2.05) is 24.3 Å². The minimum absolute atomic E-state index is 0.255. The monoisotopic (exact) mass is 302 g/mol. The Morgan fingerprint density at radius 1 is 1.27 bits per heavy atom. The first-order chi connectivity index (χ1) is 10.8. The Labute approximate surface area is 129 Å². The summed E-state index contributed by atoms with van der Waals surface area (Å²) in [6.07, 6.45) is 3.60. The molecule has 0 aliphatic carbocycles. The summed E-state index contributed by atoms with van der Waals surface area (Å²) < 4.78 is 25.1. The van der Waals surface area contributed by atoms with Crippen molar-refractivity contribution in [1.82, 2.24) is 10.3 Å². The van der Waals surface area contributed by atoms with Gasteiger partial charge in [-0.15, -0.1) is 0 Å². The van der Waals surface area contributed by atoms with E-state index in [1.165, 1.54) is 12.3 Å². The molecule has 1 aliphatic heterocycles. The molecule has 0 unspecified atom stereocenters.